The minimum atomic E-state index is 0.581. The maximum Gasteiger partial charge on any atom is 0.221 e. The molecule has 4 nitrogen and oxygen atoms in total. The van der Waals surface area contributed by atoms with E-state index in [1.165, 1.54) is 0 Å². The van der Waals surface area contributed by atoms with Crippen molar-refractivity contribution in [2.75, 3.05) is 7.11 Å². The Bertz CT molecular complexity index is 765. The molecule has 1 aromatic carbocycles. The fraction of sp³-hybridized carbons (Fsp3) is 0.125. The lowest BCUT2D eigenvalue weighted by atomic mass is 10.0. The molecule has 3 aromatic rings. The zero-order valence-electron chi connectivity index (χ0n) is 11.7. The second-order valence-corrected chi connectivity index (χ2v) is 5.08. The van der Waals surface area contributed by atoms with Gasteiger partial charge in [-0.05, 0) is 31.2 Å². The number of aryl methyl sites for hydroxylation is 1. The summed E-state index contributed by atoms with van der Waals surface area (Å²) in [5, 5.41) is 8.15. The largest absolute Gasteiger partial charge is 0.481 e. The van der Waals surface area contributed by atoms with Crippen LogP contribution in [0.2, 0.25) is 5.02 Å². The minimum Gasteiger partial charge on any atom is -0.481 e. The Hall–Kier alpha value is -2.33. The molecule has 0 atom stereocenters. The quantitative estimate of drug-likeness (QED) is 0.792. The fourth-order valence-corrected chi connectivity index (χ4v) is 2.45. The van der Waals surface area contributed by atoms with Crippen molar-refractivity contribution in [2.45, 2.75) is 6.92 Å². The van der Waals surface area contributed by atoms with Gasteiger partial charge in [-0.3, -0.25) is 5.10 Å². The third kappa shape index (κ3) is 2.50. The molecule has 21 heavy (non-hydrogen) atoms. The Kier molecular flexibility index (Phi) is 3.62. The number of nitrogens with zero attached hydrogens (tertiary/aromatic N) is 2. The first-order chi connectivity index (χ1) is 10.2. The lowest BCUT2D eigenvalue weighted by Gasteiger charge is -2.08. The Labute approximate surface area is 127 Å². The smallest absolute Gasteiger partial charge is 0.221 e. The van der Waals surface area contributed by atoms with E-state index in [0.717, 1.165) is 28.1 Å². The number of methoxy groups -OCH3 is 1. The van der Waals surface area contributed by atoms with E-state index < -0.39 is 0 Å². The highest BCUT2D eigenvalue weighted by Crippen LogP contribution is 2.37. The van der Waals surface area contributed by atoms with E-state index in [4.69, 9.17) is 16.3 Å². The van der Waals surface area contributed by atoms with Gasteiger partial charge in [0, 0.05) is 33.6 Å². The molecule has 0 radical (unpaired) electrons. The molecule has 3 rings (SSSR count). The highest BCUT2D eigenvalue weighted by Gasteiger charge is 2.18. The Morgan fingerprint density at radius 2 is 1.90 bits per heavy atom. The highest BCUT2D eigenvalue weighted by atomic mass is 35.5. The van der Waals surface area contributed by atoms with Crippen LogP contribution >= 0.6 is 11.6 Å². The van der Waals surface area contributed by atoms with Crippen molar-refractivity contribution in [3.05, 3.63) is 53.3 Å². The summed E-state index contributed by atoms with van der Waals surface area (Å²) in [5.41, 5.74) is 4.71. The lowest BCUT2D eigenvalue weighted by molar-refractivity contribution is 0.399. The first-order valence-corrected chi connectivity index (χ1v) is 6.89. The van der Waals surface area contributed by atoms with Gasteiger partial charge < -0.3 is 4.74 Å². The molecule has 0 bridgehead atoms. The number of ether oxygens (including phenoxy) is 1. The molecule has 0 unspecified atom stereocenters. The van der Waals surface area contributed by atoms with Gasteiger partial charge in [0.25, 0.3) is 0 Å². The summed E-state index contributed by atoms with van der Waals surface area (Å²) in [4.78, 5) is 4.26. The summed E-state index contributed by atoms with van der Waals surface area (Å²) in [6, 6.07) is 11.5. The molecule has 2 aromatic heterocycles. The SMILES string of the molecule is COc1ncccc1-c1c(-c2ccc(Cl)cc2)n[nH]c1C. The Balaban J connectivity index is 2.20. The number of halogens is 1. The van der Waals surface area contributed by atoms with Gasteiger partial charge >= 0.3 is 0 Å². The molecule has 2 heterocycles. The summed E-state index contributed by atoms with van der Waals surface area (Å²) in [5.74, 6) is 0.581. The Morgan fingerprint density at radius 3 is 2.62 bits per heavy atom. The van der Waals surface area contributed by atoms with E-state index in [9.17, 15) is 0 Å². The molecule has 0 fully saturated rings. The van der Waals surface area contributed by atoms with Gasteiger partial charge in [-0.15, -0.1) is 0 Å². The van der Waals surface area contributed by atoms with Crippen molar-refractivity contribution in [1.29, 1.82) is 0 Å². The van der Waals surface area contributed by atoms with Crippen LogP contribution in [0.4, 0.5) is 0 Å². The van der Waals surface area contributed by atoms with E-state index in [1.54, 1.807) is 13.3 Å². The molecular formula is C16H14ClN3O. The molecule has 0 saturated carbocycles. The van der Waals surface area contributed by atoms with Crippen molar-refractivity contribution in [3.63, 3.8) is 0 Å². The van der Waals surface area contributed by atoms with Gasteiger partial charge in [-0.25, -0.2) is 4.98 Å². The third-order valence-electron chi connectivity index (χ3n) is 3.30. The molecule has 0 spiro atoms. The normalized spacial score (nSPS) is 10.6. The number of rotatable bonds is 3. The molecule has 0 aliphatic heterocycles. The van der Waals surface area contributed by atoms with Crippen molar-refractivity contribution in [3.8, 4) is 28.3 Å². The van der Waals surface area contributed by atoms with Crippen molar-refractivity contribution in [1.82, 2.24) is 15.2 Å². The van der Waals surface area contributed by atoms with Crippen molar-refractivity contribution >= 4 is 11.6 Å². The van der Waals surface area contributed by atoms with Crippen LogP contribution in [0.15, 0.2) is 42.6 Å². The van der Waals surface area contributed by atoms with E-state index in [0.29, 0.717) is 10.9 Å². The molecule has 106 valence electrons. The first-order valence-electron chi connectivity index (χ1n) is 6.51. The topological polar surface area (TPSA) is 50.8 Å². The predicted molar refractivity (Wildman–Crippen MR) is 83.6 cm³/mol. The van der Waals surface area contributed by atoms with Gasteiger partial charge in [-0.2, -0.15) is 5.10 Å². The van der Waals surface area contributed by atoms with Crippen molar-refractivity contribution in [2.24, 2.45) is 0 Å². The van der Waals surface area contributed by atoms with E-state index in [2.05, 4.69) is 15.2 Å². The zero-order chi connectivity index (χ0) is 14.8. The summed E-state index contributed by atoms with van der Waals surface area (Å²) < 4.78 is 5.36. The van der Waals surface area contributed by atoms with Gasteiger partial charge in [0.2, 0.25) is 5.88 Å². The molecular weight excluding hydrogens is 286 g/mol. The van der Waals surface area contributed by atoms with Gasteiger partial charge in [-0.1, -0.05) is 23.7 Å². The number of hydrogen-bond donors (Lipinski definition) is 1. The molecule has 0 aliphatic rings. The van der Waals surface area contributed by atoms with E-state index in [1.807, 2.05) is 43.3 Å². The third-order valence-corrected chi connectivity index (χ3v) is 3.55. The second-order valence-electron chi connectivity index (χ2n) is 4.64. The molecule has 0 saturated heterocycles. The molecule has 5 heteroatoms. The summed E-state index contributed by atoms with van der Waals surface area (Å²) in [6.07, 6.45) is 1.71. The zero-order valence-corrected chi connectivity index (χ0v) is 12.5. The van der Waals surface area contributed by atoms with Crippen LogP contribution in [0.25, 0.3) is 22.4 Å². The summed E-state index contributed by atoms with van der Waals surface area (Å²) in [7, 11) is 1.61. The molecule has 1 N–H and O–H groups in total. The number of pyridine rings is 1. The lowest BCUT2D eigenvalue weighted by Crippen LogP contribution is -1.92. The fourth-order valence-electron chi connectivity index (χ4n) is 2.32. The van der Waals surface area contributed by atoms with Crippen LogP contribution in [-0.4, -0.2) is 22.3 Å². The van der Waals surface area contributed by atoms with Gasteiger partial charge in [0.05, 0.1) is 7.11 Å². The summed E-state index contributed by atoms with van der Waals surface area (Å²) >= 11 is 5.95. The van der Waals surface area contributed by atoms with E-state index >= 15 is 0 Å². The monoisotopic (exact) mass is 299 g/mol. The maximum absolute atomic E-state index is 5.95. The minimum absolute atomic E-state index is 0.581. The predicted octanol–water partition coefficient (Wildman–Crippen LogP) is 4.11. The maximum atomic E-state index is 5.95. The Morgan fingerprint density at radius 1 is 1.14 bits per heavy atom. The highest BCUT2D eigenvalue weighted by molar-refractivity contribution is 6.30. The van der Waals surface area contributed by atoms with E-state index in [-0.39, 0.29) is 0 Å². The van der Waals surface area contributed by atoms with Gasteiger partial charge in [0.15, 0.2) is 0 Å². The molecule has 0 amide bonds. The average molecular weight is 300 g/mol. The number of H-pyrrole nitrogens is 1. The number of hydrogen-bond acceptors (Lipinski definition) is 3. The number of aromatic amines is 1. The van der Waals surface area contributed by atoms with Crippen LogP contribution in [0, 0.1) is 6.92 Å². The number of aromatic nitrogens is 3. The number of nitrogens with one attached hydrogen (secondary N) is 1. The number of benzene rings is 1. The molecule has 0 aliphatic carbocycles. The standard InChI is InChI=1S/C16H14ClN3O/c1-10-14(13-4-3-9-18-16(13)21-2)15(20-19-10)11-5-7-12(17)8-6-11/h3-9H,1-2H3,(H,19,20). The second kappa shape index (κ2) is 5.58. The van der Waals surface area contributed by atoms with Crippen LogP contribution in [0.1, 0.15) is 5.69 Å². The van der Waals surface area contributed by atoms with Crippen LogP contribution in [-0.2, 0) is 0 Å². The van der Waals surface area contributed by atoms with Crippen LogP contribution < -0.4 is 4.74 Å². The average Bonchev–Trinajstić information content (AvgIpc) is 2.89. The van der Waals surface area contributed by atoms with Gasteiger partial charge in [0.1, 0.15) is 5.69 Å². The van der Waals surface area contributed by atoms with Crippen molar-refractivity contribution < 1.29 is 4.74 Å². The van der Waals surface area contributed by atoms with Crippen LogP contribution in [0.5, 0.6) is 5.88 Å². The summed E-state index contributed by atoms with van der Waals surface area (Å²) in [6.45, 7) is 1.98. The first kappa shape index (κ1) is 13.6. The van der Waals surface area contributed by atoms with Crippen LogP contribution in [0.3, 0.4) is 0 Å².